The van der Waals surface area contributed by atoms with Crippen molar-refractivity contribution in [3.8, 4) is 17.1 Å². The number of hydrogen-bond donors (Lipinski definition) is 3. The van der Waals surface area contributed by atoms with Gasteiger partial charge in [-0.3, -0.25) is 14.4 Å². The number of aromatic amines is 1. The normalized spacial score (nSPS) is 12.3. The third-order valence-corrected chi connectivity index (χ3v) is 3.35. The summed E-state index contributed by atoms with van der Waals surface area (Å²) in [6.45, 7) is 0.0778. The van der Waals surface area contributed by atoms with E-state index in [1.54, 1.807) is 0 Å². The third kappa shape index (κ3) is 2.05. The van der Waals surface area contributed by atoms with Crippen molar-refractivity contribution in [1.82, 2.24) is 9.97 Å². The quantitative estimate of drug-likeness (QED) is 0.531. The molecule has 0 spiro atoms. The van der Waals surface area contributed by atoms with Crippen LogP contribution < -0.4 is 4.74 Å². The van der Waals surface area contributed by atoms with Crippen LogP contribution in [-0.2, 0) is 4.79 Å². The summed E-state index contributed by atoms with van der Waals surface area (Å²) in [7, 11) is 0. The Labute approximate surface area is 131 Å². The van der Waals surface area contributed by atoms with Gasteiger partial charge in [0.05, 0.1) is 16.8 Å². The van der Waals surface area contributed by atoms with Crippen molar-refractivity contribution in [3.63, 3.8) is 0 Å². The van der Waals surface area contributed by atoms with Gasteiger partial charge in [-0.15, -0.1) is 0 Å². The van der Waals surface area contributed by atoms with E-state index in [0.717, 1.165) is 12.1 Å². The fourth-order valence-corrected chi connectivity index (χ4v) is 2.39. The van der Waals surface area contributed by atoms with Crippen molar-refractivity contribution in [1.29, 1.82) is 0 Å². The van der Waals surface area contributed by atoms with Gasteiger partial charge in [0.2, 0.25) is 11.7 Å². The van der Waals surface area contributed by atoms with Crippen LogP contribution in [0.2, 0.25) is 0 Å². The Morgan fingerprint density at radius 1 is 1.12 bits per heavy atom. The molecule has 24 heavy (non-hydrogen) atoms. The van der Waals surface area contributed by atoms with Crippen molar-refractivity contribution in [2.24, 2.45) is 0 Å². The number of aromatic nitrogens is 2. The number of aromatic carboxylic acids is 2. The number of pyridine rings is 1. The number of hydrogen-bond acceptors (Lipinski definition) is 7. The maximum atomic E-state index is 12.2. The van der Waals surface area contributed by atoms with E-state index in [0.29, 0.717) is 0 Å². The number of Topliss-reactive ketones (excluding diaryl/α,β-unsaturated/α-hetero) is 2. The monoisotopic (exact) mass is 330 g/mol. The average Bonchev–Trinajstić information content (AvgIpc) is 2.95. The number of carbonyl (C=O) groups is 5. The van der Waals surface area contributed by atoms with Crippen LogP contribution in [0.3, 0.4) is 0 Å². The molecule has 0 aliphatic heterocycles. The number of ketones is 2. The fourth-order valence-electron chi connectivity index (χ4n) is 2.39. The van der Waals surface area contributed by atoms with E-state index in [1.165, 1.54) is 0 Å². The van der Waals surface area contributed by atoms with Gasteiger partial charge in [0, 0.05) is 11.6 Å². The van der Waals surface area contributed by atoms with E-state index in [2.05, 4.69) is 14.7 Å². The Morgan fingerprint density at radius 3 is 2.42 bits per heavy atom. The summed E-state index contributed by atoms with van der Waals surface area (Å²) in [4.78, 5) is 63.3. The van der Waals surface area contributed by atoms with Gasteiger partial charge < -0.3 is 19.9 Å². The molecule has 0 amide bonds. The molecule has 0 bridgehead atoms. The van der Waals surface area contributed by atoms with Gasteiger partial charge in [0.25, 0.3) is 12.3 Å². The van der Waals surface area contributed by atoms with Crippen LogP contribution in [0.15, 0.2) is 12.1 Å². The summed E-state index contributed by atoms with van der Waals surface area (Å²) in [5.41, 5.74) is -2.34. The number of nitrogens with zero attached hydrogens (tertiary/aromatic N) is 1. The lowest BCUT2D eigenvalue weighted by atomic mass is 9.88. The van der Waals surface area contributed by atoms with Crippen LogP contribution in [0.4, 0.5) is 0 Å². The Bertz CT molecular complexity index is 956. The lowest BCUT2D eigenvalue weighted by molar-refractivity contribution is -0.120. The largest absolute Gasteiger partial charge is 0.478 e. The summed E-state index contributed by atoms with van der Waals surface area (Å²) in [5, 5.41) is 18.3. The highest BCUT2D eigenvalue weighted by molar-refractivity contribution is 6.52. The van der Waals surface area contributed by atoms with Crippen LogP contribution in [0.1, 0.15) is 41.7 Å². The first kappa shape index (κ1) is 15.1. The minimum atomic E-state index is -1.55. The van der Waals surface area contributed by atoms with E-state index < -0.39 is 40.5 Å². The van der Waals surface area contributed by atoms with Crippen LogP contribution in [0, 0.1) is 0 Å². The predicted octanol–water partition coefficient (Wildman–Crippen LogP) is 0.387. The number of carboxylic acid groups (broad SMARTS) is 2. The highest BCUT2D eigenvalue weighted by Crippen LogP contribution is 2.37. The standard InChI is InChI=1S/C14H6N2O8/c17-3-24-7-2-5-9(16-7)8-4(13(20)21)1-6(14(22)23)15-10(8)12(19)11(5)18/h1-3,16H,(H,20,21)(H,22,23). The predicted molar refractivity (Wildman–Crippen MR) is 73.3 cm³/mol. The summed E-state index contributed by atoms with van der Waals surface area (Å²) >= 11 is 0. The molecular formula is C14H6N2O8. The van der Waals surface area contributed by atoms with Crippen molar-refractivity contribution >= 4 is 30.0 Å². The Kier molecular flexibility index (Phi) is 3.22. The second kappa shape index (κ2) is 5.12. The Hall–Kier alpha value is -3.82. The van der Waals surface area contributed by atoms with Gasteiger partial charge in [-0.2, -0.15) is 0 Å². The first-order chi connectivity index (χ1) is 11.3. The molecule has 120 valence electrons. The molecule has 3 N–H and O–H groups in total. The molecule has 10 heteroatoms. The summed E-state index contributed by atoms with van der Waals surface area (Å²) in [6, 6.07) is 1.85. The van der Waals surface area contributed by atoms with E-state index in [9.17, 15) is 29.1 Å². The second-order valence-electron chi connectivity index (χ2n) is 4.68. The third-order valence-electron chi connectivity index (χ3n) is 3.35. The number of H-pyrrole nitrogens is 1. The molecule has 0 atom stereocenters. The molecule has 2 heterocycles. The van der Waals surface area contributed by atoms with Crippen molar-refractivity contribution in [2.75, 3.05) is 0 Å². The molecular weight excluding hydrogens is 324 g/mol. The first-order valence-corrected chi connectivity index (χ1v) is 6.29. The van der Waals surface area contributed by atoms with E-state index >= 15 is 0 Å². The SMILES string of the molecule is O=COc1cc2c([nH]1)-c1c(C(=O)O)cc(C(=O)O)nc1C(=O)C2=O. The van der Waals surface area contributed by atoms with Gasteiger partial charge in [-0.05, 0) is 6.07 Å². The molecule has 0 saturated heterocycles. The molecule has 3 rings (SSSR count). The second-order valence-corrected chi connectivity index (χ2v) is 4.68. The first-order valence-electron chi connectivity index (χ1n) is 6.29. The molecule has 1 aliphatic carbocycles. The van der Waals surface area contributed by atoms with E-state index in [4.69, 9.17) is 5.11 Å². The lowest BCUT2D eigenvalue weighted by Crippen LogP contribution is -2.25. The van der Waals surface area contributed by atoms with Crippen LogP contribution in [0.25, 0.3) is 11.3 Å². The number of fused-ring (bicyclic) bond motifs is 3. The number of carbonyl (C=O) groups excluding carboxylic acids is 3. The Morgan fingerprint density at radius 2 is 1.83 bits per heavy atom. The zero-order valence-electron chi connectivity index (χ0n) is 11.5. The van der Waals surface area contributed by atoms with Gasteiger partial charge in [0.15, 0.2) is 0 Å². The molecule has 0 radical (unpaired) electrons. The van der Waals surface area contributed by atoms with Crippen LogP contribution >= 0.6 is 0 Å². The molecule has 0 saturated carbocycles. The van der Waals surface area contributed by atoms with Gasteiger partial charge in [0.1, 0.15) is 11.4 Å². The summed E-state index contributed by atoms with van der Waals surface area (Å²) in [5.74, 6) is -5.43. The van der Waals surface area contributed by atoms with Gasteiger partial charge in [-0.1, -0.05) is 0 Å². The van der Waals surface area contributed by atoms with Gasteiger partial charge in [-0.25, -0.2) is 14.6 Å². The molecule has 2 aromatic heterocycles. The van der Waals surface area contributed by atoms with Crippen LogP contribution in [0.5, 0.6) is 5.88 Å². The summed E-state index contributed by atoms with van der Waals surface area (Å²) in [6.07, 6.45) is 0. The number of ether oxygens (including phenoxy) is 1. The topological polar surface area (TPSA) is 164 Å². The maximum Gasteiger partial charge on any atom is 0.354 e. The fraction of sp³-hybridized carbons (Fsp3) is 0. The molecule has 2 aromatic rings. The average molecular weight is 330 g/mol. The zero-order chi connectivity index (χ0) is 17.6. The highest BCUT2D eigenvalue weighted by Gasteiger charge is 2.37. The van der Waals surface area contributed by atoms with E-state index in [1.807, 2.05) is 0 Å². The smallest absolute Gasteiger partial charge is 0.354 e. The van der Waals surface area contributed by atoms with Gasteiger partial charge >= 0.3 is 11.9 Å². The van der Waals surface area contributed by atoms with Crippen molar-refractivity contribution in [3.05, 3.63) is 34.6 Å². The molecule has 0 unspecified atom stereocenters. The number of carboxylic acids is 2. The number of nitrogens with one attached hydrogen (secondary N) is 1. The van der Waals surface area contributed by atoms with Crippen molar-refractivity contribution in [2.45, 2.75) is 0 Å². The minimum Gasteiger partial charge on any atom is -0.478 e. The lowest BCUT2D eigenvalue weighted by Gasteiger charge is -2.16. The zero-order valence-corrected chi connectivity index (χ0v) is 11.5. The number of rotatable bonds is 4. The minimum absolute atomic E-state index is 0.0778. The molecule has 1 aliphatic rings. The molecule has 0 aromatic carbocycles. The highest BCUT2D eigenvalue weighted by atomic mass is 16.5. The van der Waals surface area contributed by atoms with Crippen molar-refractivity contribution < 1.29 is 38.9 Å². The molecule has 0 fully saturated rings. The van der Waals surface area contributed by atoms with Crippen LogP contribution in [-0.4, -0.2) is 50.2 Å². The Balaban J connectivity index is 2.39. The summed E-state index contributed by atoms with van der Waals surface area (Å²) < 4.78 is 4.56. The molecule has 10 nitrogen and oxygen atoms in total. The maximum absolute atomic E-state index is 12.2. The van der Waals surface area contributed by atoms with E-state index in [-0.39, 0.29) is 29.2 Å².